The van der Waals surface area contributed by atoms with Gasteiger partial charge in [0.1, 0.15) is 23.3 Å². The third kappa shape index (κ3) is 26.5. The summed E-state index contributed by atoms with van der Waals surface area (Å²) < 4.78 is 28.2. The topological polar surface area (TPSA) is 361 Å². The first kappa shape index (κ1) is 87.4. The zero-order chi connectivity index (χ0) is 79.2. The van der Waals surface area contributed by atoms with Gasteiger partial charge in [-0.1, -0.05) is 91.9 Å². The summed E-state index contributed by atoms with van der Waals surface area (Å²) in [4.78, 5) is 45.8. The zero-order valence-corrected chi connectivity index (χ0v) is 68.6. The molecule has 8 N–H and O–H groups in total. The molecule has 112 heavy (non-hydrogen) atoms. The summed E-state index contributed by atoms with van der Waals surface area (Å²) in [6.45, 7) is 28.2. The number of aromatic nitrogens is 8. The third-order valence-electron chi connectivity index (χ3n) is 22.6. The van der Waals surface area contributed by atoms with Gasteiger partial charge in [-0.15, -0.1) is 0 Å². The largest absolute Gasteiger partial charge is 0.463 e. The summed E-state index contributed by atoms with van der Waals surface area (Å²) in [5, 5.41) is 38.3. The number of morpholine rings is 1. The second-order valence-electron chi connectivity index (χ2n) is 31.2. The molecule has 0 aromatic carbocycles. The molecule has 25 nitrogen and oxygen atoms in total. The van der Waals surface area contributed by atoms with Crippen LogP contribution >= 0.6 is 0 Å². The minimum atomic E-state index is 0.0523. The highest BCUT2D eigenvalue weighted by Crippen LogP contribution is 2.42. The Labute approximate surface area is 668 Å². The van der Waals surface area contributed by atoms with Crippen molar-refractivity contribution >= 4 is 45.6 Å². The van der Waals surface area contributed by atoms with Crippen molar-refractivity contribution < 1.29 is 23.7 Å². The van der Waals surface area contributed by atoms with Gasteiger partial charge in [0.25, 0.3) is 0 Å². The van der Waals surface area contributed by atoms with Crippen LogP contribution in [-0.4, -0.2) is 177 Å². The van der Waals surface area contributed by atoms with E-state index in [1.807, 2.05) is 6.92 Å². The van der Waals surface area contributed by atoms with Crippen LogP contribution in [0.3, 0.4) is 0 Å². The van der Waals surface area contributed by atoms with Gasteiger partial charge in [-0.25, -0.2) is 0 Å². The van der Waals surface area contributed by atoms with E-state index < -0.39 is 0 Å². The Kier molecular flexibility index (Phi) is 37.3. The Balaban J connectivity index is 0.000000171. The lowest BCUT2D eigenvalue weighted by atomic mass is 10.0. The fourth-order valence-electron chi connectivity index (χ4n) is 16.1. The van der Waals surface area contributed by atoms with Crippen LogP contribution in [0.1, 0.15) is 285 Å². The number of allylic oxidation sites excluding steroid dienone is 8. The SMILES string of the molecule is CCCCOc1nc(N)c2c(n1)C(CCCCCN1CCCCC1)=C(C#N)C2.CCCCOc1nc(N)c2c(n1)C(CCCCCN1CCOCC1)=C(C#N)C2.CCCCOc1nc(N)c2c(n1)C(CCCCN1CCCCC1)=C(C#N)C2.CCC[C@H](C)Oc1nc(N)c2c(n1)C(CCCCCN1CCCCC1)=C(C#N)C2. The highest BCUT2D eigenvalue weighted by molar-refractivity contribution is 5.82. The lowest BCUT2D eigenvalue weighted by molar-refractivity contribution is 0.0371. The predicted molar refractivity (Wildman–Crippen MR) is 444 cm³/mol. The van der Waals surface area contributed by atoms with E-state index in [9.17, 15) is 21.0 Å². The summed E-state index contributed by atoms with van der Waals surface area (Å²) >= 11 is 0. The average molecular weight is 1540 g/mol. The number of hydrogen-bond donors (Lipinski definition) is 4. The number of nitrogen functional groups attached to an aromatic ring is 4. The molecule has 0 spiro atoms. The van der Waals surface area contributed by atoms with Gasteiger partial charge in [-0.05, 0) is 236 Å². The average Bonchev–Trinajstić information content (AvgIpc) is 1.66. The predicted octanol–water partition coefficient (Wildman–Crippen LogP) is 15.3. The van der Waals surface area contributed by atoms with Gasteiger partial charge in [0.05, 0.1) is 86.2 Å². The number of rotatable bonds is 39. The molecule has 608 valence electrons. The molecule has 4 saturated heterocycles. The van der Waals surface area contributed by atoms with E-state index >= 15 is 0 Å². The van der Waals surface area contributed by atoms with Gasteiger partial charge >= 0.3 is 24.0 Å². The molecular formula is C87H130N20O5. The lowest BCUT2D eigenvalue weighted by Crippen LogP contribution is -2.36. The monoisotopic (exact) mass is 1540 g/mol. The second kappa shape index (κ2) is 47.8. The molecule has 0 radical (unpaired) electrons. The van der Waals surface area contributed by atoms with E-state index in [-0.39, 0.29) is 6.10 Å². The molecule has 0 unspecified atom stereocenters. The molecule has 0 bridgehead atoms. The molecule has 1 atom stereocenters. The van der Waals surface area contributed by atoms with Crippen molar-refractivity contribution in [2.75, 3.05) is 135 Å². The fourth-order valence-corrected chi connectivity index (χ4v) is 16.1. The van der Waals surface area contributed by atoms with Gasteiger partial charge in [0.2, 0.25) is 0 Å². The van der Waals surface area contributed by atoms with Crippen molar-refractivity contribution in [2.24, 2.45) is 0 Å². The normalized spacial score (nSPS) is 17.2. The van der Waals surface area contributed by atoms with Gasteiger partial charge < -0.3 is 61.3 Å². The summed E-state index contributed by atoms with van der Waals surface area (Å²) in [7, 11) is 0. The summed E-state index contributed by atoms with van der Waals surface area (Å²) in [5.41, 5.74) is 38.8. The van der Waals surface area contributed by atoms with Crippen molar-refractivity contribution in [1.82, 2.24) is 59.5 Å². The van der Waals surface area contributed by atoms with Crippen LogP contribution in [0.25, 0.3) is 22.3 Å². The van der Waals surface area contributed by atoms with Crippen LogP contribution in [0, 0.1) is 45.3 Å². The van der Waals surface area contributed by atoms with Crippen molar-refractivity contribution in [1.29, 1.82) is 21.0 Å². The number of nitrogens with zero attached hydrogens (tertiary/aromatic N) is 16. The molecule has 4 aromatic rings. The number of likely N-dealkylation sites (tertiary alicyclic amines) is 3. The molecule has 0 saturated carbocycles. The van der Waals surface area contributed by atoms with Crippen LogP contribution in [0.5, 0.6) is 24.0 Å². The van der Waals surface area contributed by atoms with Crippen molar-refractivity contribution in [3.8, 4) is 48.3 Å². The number of nitrogens with two attached hydrogens (primary N) is 4. The van der Waals surface area contributed by atoms with Gasteiger partial charge in [0, 0.05) is 83.3 Å². The number of ether oxygens (including phenoxy) is 5. The maximum atomic E-state index is 9.62. The van der Waals surface area contributed by atoms with E-state index in [2.05, 4.69) is 111 Å². The Hall–Kier alpha value is -8.56. The van der Waals surface area contributed by atoms with Crippen LogP contribution in [0.15, 0.2) is 22.3 Å². The van der Waals surface area contributed by atoms with Crippen LogP contribution in [-0.2, 0) is 30.4 Å². The second-order valence-corrected chi connectivity index (χ2v) is 31.2. The molecule has 8 aliphatic rings. The number of hydrogen-bond acceptors (Lipinski definition) is 25. The maximum absolute atomic E-state index is 9.62. The van der Waals surface area contributed by atoms with E-state index in [0.29, 0.717) is 92.8 Å². The van der Waals surface area contributed by atoms with Crippen LogP contribution in [0.4, 0.5) is 23.3 Å². The Morgan fingerprint density at radius 2 is 0.625 bits per heavy atom. The molecular weight excluding hydrogens is 1410 g/mol. The fraction of sp³-hybridized carbons (Fsp3) is 0.678. The van der Waals surface area contributed by atoms with E-state index in [4.69, 9.17) is 46.6 Å². The first-order valence-electron chi connectivity index (χ1n) is 43.0. The number of piperidine rings is 3. The summed E-state index contributed by atoms with van der Waals surface area (Å²) in [5.74, 6) is 1.78. The van der Waals surface area contributed by atoms with Crippen molar-refractivity contribution in [3.05, 3.63) is 67.3 Å². The van der Waals surface area contributed by atoms with Crippen LogP contribution < -0.4 is 41.9 Å². The molecule has 4 aliphatic heterocycles. The van der Waals surface area contributed by atoms with Crippen molar-refractivity contribution in [3.63, 3.8) is 0 Å². The van der Waals surface area contributed by atoms with Gasteiger partial charge in [-0.2, -0.15) is 60.9 Å². The standard InChI is InChI=1S/C23H35N5O.C22H33N5O.C21H31N5O2.C21H31N5O/c1-3-10-17(2)29-23-26-21-19(18(16-24)15-20(21)22(25)27-23)11-6-4-7-12-28-13-8-5-9-14-28;1-2-3-14-28-22-25-20-18(17(16-23)15-19(20)21(24)26-22)10-6-4-7-11-27-12-8-5-9-13-27;1-2-3-11-28-21-24-19-17(16(15-22)14-18(19)20(23)25-21)7-5-4-6-8-26-9-12-27-13-10-26;1-2-3-13-27-21-24-19-17(16(15-22)14-18(19)20(23)25-21)9-5-8-12-26-10-6-4-7-11-26/h17H,3-15H2,1-2H3,(H2,25,26,27);2-15H2,1H3,(H2,24,25,26);2-14H2,1H3,(H2,23,24,25);2-14H2,1H3,(H2,23,24,25)/t17-;;;/m0.../s1. The van der Waals surface area contributed by atoms with Gasteiger partial charge in [-0.3, -0.25) is 4.90 Å². The van der Waals surface area contributed by atoms with Gasteiger partial charge in [0.15, 0.2) is 0 Å². The lowest BCUT2D eigenvalue weighted by Gasteiger charge is -2.26. The molecule has 4 fully saturated rings. The third-order valence-corrected chi connectivity index (χ3v) is 22.6. The minimum absolute atomic E-state index is 0.0523. The number of unbranched alkanes of at least 4 members (excludes halogenated alkanes) is 10. The number of anilines is 4. The summed E-state index contributed by atoms with van der Waals surface area (Å²) in [6.07, 6.45) is 38.4. The molecule has 8 heterocycles. The quantitative estimate of drug-likeness (QED) is 0.0301. The Morgan fingerprint density at radius 1 is 0.348 bits per heavy atom. The highest BCUT2D eigenvalue weighted by atomic mass is 16.5. The first-order chi connectivity index (χ1) is 54.8. The first-order valence-corrected chi connectivity index (χ1v) is 43.0. The smallest absolute Gasteiger partial charge is 0.319 e. The zero-order valence-electron chi connectivity index (χ0n) is 68.6. The summed E-state index contributed by atoms with van der Waals surface area (Å²) in [6, 6.07) is 10.8. The Morgan fingerprint density at radius 3 is 0.920 bits per heavy atom. The van der Waals surface area contributed by atoms with E-state index in [1.165, 1.54) is 142 Å². The van der Waals surface area contributed by atoms with Crippen molar-refractivity contribution in [2.45, 2.75) is 272 Å². The number of fused-ring (bicyclic) bond motifs is 4. The van der Waals surface area contributed by atoms with Crippen LogP contribution in [0.2, 0.25) is 0 Å². The minimum Gasteiger partial charge on any atom is -0.463 e. The molecule has 12 rings (SSSR count). The molecule has 25 heteroatoms. The van der Waals surface area contributed by atoms with E-state index in [0.717, 1.165) is 245 Å². The molecule has 4 aromatic heterocycles. The number of nitriles is 4. The highest BCUT2D eigenvalue weighted by Gasteiger charge is 2.32. The maximum Gasteiger partial charge on any atom is 0.319 e. The molecule has 4 aliphatic carbocycles. The van der Waals surface area contributed by atoms with E-state index in [1.54, 1.807) is 0 Å². The molecule has 0 amide bonds. The Bertz CT molecular complexity index is 3830.